The Kier molecular flexibility index (Phi) is 2.78. The first-order valence-electron chi connectivity index (χ1n) is 6.50. The number of aryl methyl sites for hydroxylation is 2. The highest BCUT2D eigenvalue weighted by Gasteiger charge is 2.21. The molecule has 0 aliphatic heterocycles. The van der Waals surface area contributed by atoms with Gasteiger partial charge >= 0.3 is 5.69 Å². The van der Waals surface area contributed by atoms with Gasteiger partial charge in [-0.3, -0.25) is 13.9 Å². The van der Waals surface area contributed by atoms with Crippen LogP contribution in [0.2, 0.25) is 0 Å². The fraction of sp³-hybridized carbons (Fsp3) is 0.429. The van der Waals surface area contributed by atoms with Gasteiger partial charge in [0, 0.05) is 25.7 Å². The first-order chi connectivity index (χ1) is 9.08. The Morgan fingerprint density at radius 2 is 1.95 bits per heavy atom. The summed E-state index contributed by atoms with van der Waals surface area (Å²) < 4.78 is 3.16. The summed E-state index contributed by atoms with van der Waals surface area (Å²) in [5, 5.41) is 3.21. The Bertz CT molecular complexity index is 707. The summed E-state index contributed by atoms with van der Waals surface area (Å²) in [6, 6.07) is 5.95. The largest absolute Gasteiger partial charge is 0.328 e. The summed E-state index contributed by atoms with van der Waals surface area (Å²) in [6.45, 7) is 0.372. The minimum atomic E-state index is -0.0734. The molecule has 100 valence electrons. The van der Waals surface area contributed by atoms with Gasteiger partial charge in [-0.05, 0) is 31.0 Å². The normalized spacial score (nSPS) is 15.1. The molecule has 1 saturated carbocycles. The SMILES string of the molecule is Cn1c(=O)n(C)c2cc(C(=O)CNC3CC3)ccc21. The van der Waals surface area contributed by atoms with E-state index in [1.165, 1.54) is 12.8 Å². The molecule has 0 atom stereocenters. The van der Waals surface area contributed by atoms with Crippen LogP contribution in [0.25, 0.3) is 11.0 Å². The van der Waals surface area contributed by atoms with E-state index in [1.807, 2.05) is 6.07 Å². The number of benzene rings is 1. The molecule has 0 unspecified atom stereocenters. The van der Waals surface area contributed by atoms with Crippen molar-refractivity contribution in [3.63, 3.8) is 0 Å². The van der Waals surface area contributed by atoms with E-state index in [0.717, 1.165) is 11.0 Å². The molecule has 1 N–H and O–H groups in total. The van der Waals surface area contributed by atoms with Gasteiger partial charge in [-0.2, -0.15) is 0 Å². The first kappa shape index (κ1) is 12.2. The van der Waals surface area contributed by atoms with E-state index >= 15 is 0 Å². The molecule has 1 heterocycles. The number of rotatable bonds is 4. The Balaban J connectivity index is 1.94. The summed E-state index contributed by atoms with van der Waals surface area (Å²) in [5.74, 6) is 0.0742. The lowest BCUT2D eigenvalue weighted by atomic mass is 10.1. The number of fused-ring (bicyclic) bond motifs is 1. The number of hydrogen-bond acceptors (Lipinski definition) is 3. The van der Waals surface area contributed by atoms with E-state index < -0.39 is 0 Å². The van der Waals surface area contributed by atoms with Gasteiger partial charge in [0.2, 0.25) is 0 Å². The van der Waals surface area contributed by atoms with Gasteiger partial charge in [-0.25, -0.2) is 4.79 Å². The van der Waals surface area contributed by atoms with Crippen LogP contribution in [0, 0.1) is 0 Å². The second kappa shape index (κ2) is 4.35. The maximum atomic E-state index is 12.1. The van der Waals surface area contributed by atoms with Crippen LogP contribution in [0.4, 0.5) is 0 Å². The molecule has 1 aromatic carbocycles. The van der Waals surface area contributed by atoms with Crippen LogP contribution in [-0.4, -0.2) is 27.5 Å². The first-order valence-corrected chi connectivity index (χ1v) is 6.50. The number of nitrogens with zero attached hydrogens (tertiary/aromatic N) is 2. The van der Waals surface area contributed by atoms with Crippen molar-refractivity contribution in [3.05, 3.63) is 34.2 Å². The van der Waals surface area contributed by atoms with E-state index in [2.05, 4.69) is 5.32 Å². The van der Waals surface area contributed by atoms with E-state index in [-0.39, 0.29) is 11.5 Å². The predicted molar refractivity (Wildman–Crippen MR) is 73.5 cm³/mol. The molecule has 1 aliphatic rings. The van der Waals surface area contributed by atoms with Gasteiger partial charge in [0.25, 0.3) is 0 Å². The highest BCUT2D eigenvalue weighted by molar-refractivity contribution is 6.00. The molecule has 0 bridgehead atoms. The molecule has 1 aliphatic carbocycles. The zero-order chi connectivity index (χ0) is 13.6. The summed E-state index contributed by atoms with van der Waals surface area (Å²) in [5.41, 5.74) is 2.22. The molecule has 0 radical (unpaired) electrons. The van der Waals surface area contributed by atoms with Gasteiger partial charge in [-0.1, -0.05) is 0 Å². The van der Waals surface area contributed by atoms with Gasteiger partial charge in [0.15, 0.2) is 5.78 Å². The maximum absolute atomic E-state index is 12.1. The average molecular weight is 259 g/mol. The van der Waals surface area contributed by atoms with Crippen LogP contribution < -0.4 is 11.0 Å². The lowest BCUT2D eigenvalue weighted by Gasteiger charge is -2.03. The molecular weight excluding hydrogens is 242 g/mol. The smallest absolute Gasteiger partial charge is 0.307 e. The van der Waals surface area contributed by atoms with Crippen LogP contribution in [0.15, 0.2) is 23.0 Å². The Labute approximate surface area is 110 Å². The standard InChI is InChI=1S/C14H17N3O2/c1-16-11-6-3-9(7-12(11)17(2)14(16)19)13(18)8-15-10-4-5-10/h3,6-7,10,15H,4-5,8H2,1-2H3. The number of carbonyl (C=O) groups is 1. The van der Waals surface area contributed by atoms with Crippen LogP contribution in [0.1, 0.15) is 23.2 Å². The maximum Gasteiger partial charge on any atom is 0.328 e. The van der Waals surface area contributed by atoms with Crippen molar-refractivity contribution in [2.75, 3.05) is 6.54 Å². The molecule has 19 heavy (non-hydrogen) atoms. The van der Waals surface area contributed by atoms with Crippen molar-refractivity contribution in [2.24, 2.45) is 14.1 Å². The fourth-order valence-electron chi connectivity index (χ4n) is 2.31. The van der Waals surface area contributed by atoms with Gasteiger partial charge in [-0.15, -0.1) is 0 Å². The van der Waals surface area contributed by atoms with Crippen LogP contribution in [0.3, 0.4) is 0 Å². The number of aromatic nitrogens is 2. The zero-order valence-electron chi connectivity index (χ0n) is 11.1. The molecule has 5 heteroatoms. The number of Topliss-reactive ketones (excluding diaryl/α,β-unsaturated/α-hetero) is 1. The Morgan fingerprint density at radius 1 is 1.26 bits per heavy atom. The molecular formula is C14H17N3O2. The Hall–Kier alpha value is -1.88. The summed E-state index contributed by atoms with van der Waals surface area (Å²) in [4.78, 5) is 23.9. The van der Waals surface area contributed by atoms with Gasteiger partial charge in [0.1, 0.15) is 0 Å². The number of imidazole rings is 1. The van der Waals surface area contributed by atoms with E-state index in [9.17, 15) is 9.59 Å². The molecule has 0 spiro atoms. The van der Waals surface area contributed by atoms with Crippen molar-refractivity contribution >= 4 is 16.8 Å². The topological polar surface area (TPSA) is 56.0 Å². The minimum absolute atomic E-state index is 0.0734. The highest BCUT2D eigenvalue weighted by Crippen LogP contribution is 2.19. The zero-order valence-corrected chi connectivity index (χ0v) is 11.1. The third-order valence-electron chi connectivity index (χ3n) is 3.72. The highest BCUT2D eigenvalue weighted by atomic mass is 16.1. The number of carbonyl (C=O) groups excluding carboxylic acids is 1. The van der Waals surface area contributed by atoms with Crippen molar-refractivity contribution in [1.29, 1.82) is 0 Å². The average Bonchev–Trinajstić information content (AvgIpc) is 3.22. The molecule has 5 nitrogen and oxygen atoms in total. The molecule has 0 amide bonds. The third kappa shape index (κ3) is 2.10. The monoisotopic (exact) mass is 259 g/mol. The van der Waals surface area contributed by atoms with Crippen LogP contribution >= 0.6 is 0 Å². The van der Waals surface area contributed by atoms with E-state index in [0.29, 0.717) is 18.2 Å². The second-order valence-electron chi connectivity index (χ2n) is 5.18. The van der Waals surface area contributed by atoms with Crippen molar-refractivity contribution in [2.45, 2.75) is 18.9 Å². The van der Waals surface area contributed by atoms with Crippen LogP contribution in [-0.2, 0) is 14.1 Å². The van der Waals surface area contributed by atoms with Crippen molar-refractivity contribution < 1.29 is 4.79 Å². The third-order valence-corrected chi connectivity index (χ3v) is 3.72. The second-order valence-corrected chi connectivity index (χ2v) is 5.18. The fourth-order valence-corrected chi connectivity index (χ4v) is 2.31. The summed E-state index contributed by atoms with van der Waals surface area (Å²) in [7, 11) is 3.46. The van der Waals surface area contributed by atoms with Crippen molar-refractivity contribution in [1.82, 2.24) is 14.5 Å². The van der Waals surface area contributed by atoms with E-state index in [1.54, 1.807) is 35.4 Å². The van der Waals surface area contributed by atoms with Crippen LogP contribution in [0.5, 0.6) is 0 Å². The number of hydrogen-bond donors (Lipinski definition) is 1. The molecule has 1 fully saturated rings. The molecule has 3 rings (SSSR count). The number of nitrogens with one attached hydrogen (secondary N) is 1. The lowest BCUT2D eigenvalue weighted by molar-refractivity contribution is 0.0990. The quantitative estimate of drug-likeness (QED) is 0.827. The van der Waals surface area contributed by atoms with Crippen molar-refractivity contribution in [3.8, 4) is 0 Å². The summed E-state index contributed by atoms with van der Waals surface area (Å²) >= 11 is 0. The molecule has 0 saturated heterocycles. The predicted octanol–water partition coefficient (Wildman–Crippen LogP) is 0.812. The molecule has 1 aromatic heterocycles. The molecule has 2 aromatic rings. The lowest BCUT2D eigenvalue weighted by Crippen LogP contribution is -2.24. The van der Waals surface area contributed by atoms with Gasteiger partial charge < -0.3 is 5.32 Å². The minimum Gasteiger partial charge on any atom is -0.307 e. The van der Waals surface area contributed by atoms with E-state index in [4.69, 9.17) is 0 Å². The Morgan fingerprint density at radius 3 is 2.63 bits per heavy atom. The van der Waals surface area contributed by atoms with Gasteiger partial charge in [0.05, 0.1) is 17.6 Å². The summed E-state index contributed by atoms with van der Waals surface area (Å²) in [6.07, 6.45) is 2.33. The number of ketones is 1.